The highest BCUT2D eigenvalue weighted by molar-refractivity contribution is 5.78. The van der Waals surface area contributed by atoms with E-state index >= 15 is 0 Å². The van der Waals surface area contributed by atoms with Crippen molar-refractivity contribution in [2.45, 2.75) is 32.8 Å². The Kier molecular flexibility index (Phi) is 7.06. The van der Waals surface area contributed by atoms with Crippen molar-refractivity contribution in [1.29, 1.82) is 0 Å². The number of rotatable bonds is 9. The number of benzene rings is 2. The Balaban J connectivity index is 1.71. The van der Waals surface area contributed by atoms with E-state index in [1.165, 1.54) is 0 Å². The molecule has 3 rings (SSSR count). The topological polar surface area (TPSA) is 83.7 Å². The molecular weight excluding hydrogens is 384 g/mol. The molecule has 158 valence electrons. The van der Waals surface area contributed by atoms with E-state index < -0.39 is 0 Å². The smallest absolute Gasteiger partial charge is 0.314 e. The van der Waals surface area contributed by atoms with Crippen molar-refractivity contribution in [3.05, 3.63) is 60.0 Å². The van der Waals surface area contributed by atoms with Gasteiger partial charge in [-0.25, -0.2) is 0 Å². The summed E-state index contributed by atoms with van der Waals surface area (Å²) in [6.07, 6.45) is 0.860. The zero-order valence-corrected chi connectivity index (χ0v) is 17.6. The lowest BCUT2D eigenvalue weighted by Gasteiger charge is -2.21. The van der Waals surface area contributed by atoms with Gasteiger partial charge in [-0.1, -0.05) is 55.8 Å². The molecule has 2 aromatic carbocycles. The first kappa shape index (κ1) is 21.4. The fraction of sp³-hybridized carbons (Fsp3) is 0.348. The molecule has 0 radical (unpaired) electrons. The minimum atomic E-state index is -0.343. The fourth-order valence-electron chi connectivity index (χ4n) is 3.22. The van der Waals surface area contributed by atoms with Gasteiger partial charge in [-0.2, -0.15) is 4.98 Å². The molecular formula is C23H26N2O5. The molecule has 1 aromatic heterocycles. The molecule has 0 aliphatic rings. The molecule has 7 nitrogen and oxygen atoms in total. The van der Waals surface area contributed by atoms with E-state index in [2.05, 4.69) is 17.1 Å². The second-order valence-electron chi connectivity index (χ2n) is 6.96. The van der Waals surface area contributed by atoms with Gasteiger partial charge in [0.25, 0.3) is 5.89 Å². The van der Waals surface area contributed by atoms with Crippen molar-refractivity contribution >= 4 is 5.97 Å². The van der Waals surface area contributed by atoms with E-state index in [4.69, 9.17) is 18.7 Å². The van der Waals surface area contributed by atoms with Crippen molar-refractivity contribution in [3.8, 4) is 22.9 Å². The van der Waals surface area contributed by atoms with Crippen molar-refractivity contribution < 1.29 is 23.5 Å². The summed E-state index contributed by atoms with van der Waals surface area (Å²) in [4.78, 5) is 17.1. The van der Waals surface area contributed by atoms with Crippen LogP contribution in [-0.4, -0.2) is 30.3 Å². The minimum absolute atomic E-state index is 0.0844. The Morgan fingerprint density at radius 2 is 1.80 bits per heavy atom. The molecule has 0 amide bonds. The highest BCUT2D eigenvalue weighted by atomic mass is 16.6. The molecule has 0 spiro atoms. The van der Waals surface area contributed by atoms with Crippen molar-refractivity contribution in [2.75, 3.05) is 14.2 Å². The predicted octanol–water partition coefficient (Wildman–Crippen LogP) is 4.63. The zero-order chi connectivity index (χ0) is 21.5. The number of esters is 1. The molecule has 2 atom stereocenters. The largest absolute Gasteiger partial charge is 0.493 e. The molecule has 0 saturated heterocycles. The average Bonchev–Trinajstić information content (AvgIpc) is 3.27. The third-order valence-electron chi connectivity index (χ3n) is 5.07. The van der Waals surface area contributed by atoms with Crippen molar-refractivity contribution in [3.63, 3.8) is 0 Å². The van der Waals surface area contributed by atoms with Gasteiger partial charge in [0.1, 0.15) is 0 Å². The summed E-state index contributed by atoms with van der Waals surface area (Å²) in [6.45, 7) is 4.01. The van der Waals surface area contributed by atoms with Gasteiger partial charge in [0.05, 0.1) is 20.1 Å². The molecule has 1 heterocycles. The minimum Gasteiger partial charge on any atom is -0.493 e. The standard InChI is InChI=1S/C23H26N2O5/c1-5-15(2)21(16-9-7-6-8-10-16)23(26)29-14-20-24-22(25-30-20)17-11-12-18(27-3)19(13-17)28-4/h6-13,15,21H,5,14H2,1-4H3/t15-,21+/m0/s1. The van der Waals surface area contributed by atoms with Gasteiger partial charge in [-0.05, 0) is 29.7 Å². The quantitative estimate of drug-likeness (QED) is 0.476. The second-order valence-corrected chi connectivity index (χ2v) is 6.96. The van der Waals surface area contributed by atoms with E-state index in [1.54, 1.807) is 32.4 Å². The molecule has 3 aromatic rings. The van der Waals surface area contributed by atoms with Crippen LogP contribution < -0.4 is 9.47 Å². The Morgan fingerprint density at radius 3 is 2.47 bits per heavy atom. The van der Waals surface area contributed by atoms with Crippen LogP contribution in [0.1, 0.15) is 37.6 Å². The average molecular weight is 410 g/mol. The monoisotopic (exact) mass is 410 g/mol. The van der Waals surface area contributed by atoms with E-state index in [0.29, 0.717) is 22.9 Å². The normalized spacial score (nSPS) is 12.8. The molecule has 0 aliphatic carbocycles. The summed E-state index contributed by atoms with van der Waals surface area (Å²) in [5.74, 6) is 1.27. The lowest BCUT2D eigenvalue weighted by molar-refractivity contribution is -0.149. The maximum Gasteiger partial charge on any atom is 0.314 e. The number of nitrogens with zero attached hydrogens (tertiary/aromatic N) is 2. The summed E-state index contributed by atoms with van der Waals surface area (Å²) in [5.41, 5.74) is 1.64. The Labute approximate surface area is 176 Å². The van der Waals surface area contributed by atoms with Crippen LogP contribution >= 0.6 is 0 Å². The first-order valence-electron chi connectivity index (χ1n) is 9.83. The van der Waals surface area contributed by atoms with Gasteiger partial charge in [-0.3, -0.25) is 4.79 Å². The molecule has 0 saturated carbocycles. The SMILES string of the molecule is CC[C@H](C)[C@@H](C(=O)OCc1nc(-c2ccc(OC)c(OC)c2)no1)c1ccccc1. The fourth-order valence-corrected chi connectivity index (χ4v) is 3.22. The van der Waals surface area contributed by atoms with Gasteiger partial charge in [0, 0.05) is 5.56 Å². The third-order valence-corrected chi connectivity index (χ3v) is 5.07. The van der Waals surface area contributed by atoms with Gasteiger partial charge >= 0.3 is 5.97 Å². The third kappa shape index (κ3) is 4.79. The Morgan fingerprint density at radius 1 is 1.07 bits per heavy atom. The molecule has 0 aliphatic heterocycles. The molecule has 0 fully saturated rings. The van der Waals surface area contributed by atoms with E-state index in [0.717, 1.165) is 12.0 Å². The number of hydrogen-bond donors (Lipinski definition) is 0. The second kappa shape index (κ2) is 9.91. The van der Waals surface area contributed by atoms with Gasteiger partial charge in [0.2, 0.25) is 5.82 Å². The summed E-state index contributed by atoms with van der Waals surface area (Å²) >= 11 is 0. The number of ether oxygens (including phenoxy) is 3. The van der Waals surface area contributed by atoms with E-state index in [1.807, 2.05) is 37.3 Å². The van der Waals surface area contributed by atoms with Crippen LogP contribution in [0.15, 0.2) is 53.1 Å². The van der Waals surface area contributed by atoms with E-state index in [-0.39, 0.29) is 30.3 Å². The highest BCUT2D eigenvalue weighted by Gasteiger charge is 2.27. The summed E-state index contributed by atoms with van der Waals surface area (Å²) in [6, 6.07) is 15.0. The molecule has 0 unspecified atom stereocenters. The summed E-state index contributed by atoms with van der Waals surface area (Å²) in [5, 5.41) is 3.98. The number of aromatic nitrogens is 2. The Hall–Kier alpha value is -3.35. The van der Waals surface area contributed by atoms with E-state index in [9.17, 15) is 4.79 Å². The van der Waals surface area contributed by atoms with Crippen LogP contribution in [-0.2, 0) is 16.1 Å². The maximum atomic E-state index is 12.8. The molecule has 0 bridgehead atoms. The molecule has 7 heteroatoms. The van der Waals surface area contributed by atoms with Gasteiger partial charge < -0.3 is 18.7 Å². The summed E-state index contributed by atoms with van der Waals surface area (Å²) in [7, 11) is 3.13. The zero-order valence-electron chi connectivity index (χ0n) is 17.6. The highest BCUT2D eigenvalue weighted by Crippen LogP contribution is 2.31. The van der Waals surface area contributed by atoms with Crippen molar-refractivity contribution in [1.82, 2.24) is 10.1 Å². The van der Waals surface area contributed by atoms with Gasteiger partial charge in [0.15, 0.2) is 18.1 Å². The molecule has 0 N–H and O–H groups in total. The van der Waals surface area contributed by atoms with Crippen LogP contribution in [0.5, 0.6) is 11.5 Å². The van der Waals surface area contributed by atoms with Crippen LogP contribution in [0, 0.1) is 5.92 Å². The number of methoxy groups -OCH3 is 2. The lowest BCUT2D eigenvalue weighted by atomic mass is 9.86. The van der Waals surface area contributed by atoms with Gasteiger partial charge in [-0.15, -0.1) is 0 Å². The first-order valence-corrected chi connectivity index (χ1v) is 9.83. The number of carbonyl (C=O) groups is 1. The van der Waals surface area contributed by atoms with Crippen LogP contribution in [0.25, 0.3) is 11.4 Å². The first-order chi connectivity index (χ1) is 14.6. The summed E-state index contributed by atoms with van der Waals surface area (Å²) < 4.78 is 21.3. The van der Waals surface area contributed by atoms with Crippen LogP contribution in [0.4, 0.5) is 0 Å². The molecule has 30 heavy (non-hydrogen) atoms. The number of hydrogen-bond acceptors (Lipinski definition) is 7. The number of carbonyl (C=O) groups excluding carboxylic acids is 1. The predicted molar refractivity (Wildman–Crippen MR) is 111 cm³/mol. The Bertz CT molecular complexity index is 971. The van der Waals surface area contributed by atoms with Crippen LogP contribution in [0.3, 0.4) is 0 Å². The lowest BCUT2D eigenvalue weighted by Crippen LogP contribution is -2.22. The van der Waals surface area contributed by atoms with Crippen LogP contribution in [0.2, 0.25) is 0 Å². The van der Waals surface area contributed by atoms with Crippen molar-refractivity contribution in [2.24, 2.45) is 5.92 Å². The maximum absolute atomic E-state index is 12.8.